The Morgan fingerprint density at radius 1 is 0.810 bits per heavy atom. The zero-order chi connectivity index (χ0) is 29.1. The number of halogens is 3. The molecule has 2 amide bonds. The molecule has 0 aliphatic heterocycles. The first-order valence-electron chi connectivity index (χ1n) is 12.4. The van der Waals surface area contributed by atoms with E-state index in [0.29, 0.717) is 22.5 Å². The van der Waals surface area contributed by atoms with Gasteiger partial charge in [0.15, 0.2) is 5.65 Å². The van der Waals surface area contributed by atoms with Gasteiger partial charge in [-0.2, -0.15) is 18.3 Å². The van der Waals surface area contributed by atoms with Gasteiger partial charge in [-0.3, -0.25) is 10.1 Å². The lowest BCUT2D eigenvalue weighted by Crippen LogP contribution is -2.20. The highest BCUT2D eigenvalue weighted by atomic mass is 19.4. The molecule has 0 saturated carbocycles. The van der Waals surface area contributed by atoms with Crippen LogP contribution in [0.4, 0.5) is 29.3 Å². The molecule has 0 aliphatic rings. The van der Waals surface area contributed by atoms with Crippen molar-refractivity contribution in [3.8, 4) is 34.0 Å². The molecule has 0 bridgehead atoms. The quantitative estimate of drug-likeness (QED) is 0.199. The van der Waals surface area contributed by atoms with E-state index in [1.807, 2.05) is 18.2 Å². The molecule has 4 heterocycles. The first kappa shape index (κ1) is 26.4. The Bertz CT molecular complexity index is 1860. The number of aromatic nitrogens is 6. The lowest BCUT2D eigenvalue weighted by Gasteiger charge is -2.15. The van der Waals surface area contributed by atoms with Crippen molar-refractivity contribution in [2.45, 2.75) is 6.18 Å². The van der Waals surface area contributed by atoms with Crippen LogP contribution in [-0.2, 0) is 6.18 Å². The maximum Gasteiger partial charge on any atom is 0.416 e. The van der Waals surface area contributed by atoms with Crippen LogP contribution in [0.5, 0.6) is 11.8 Å². The summed E-state index contributed by atoms with van der Waals surface area (Å²) in [5.41, 5.74) is 2.71. The van der Waals surface area contributed by atoms with E-state index in [1.165, 1.54) is 30.9 Å². The van der Waals surface area contributed by atoms with Gasteiger partial charge in [0.05, 0.1) is 35.5 Å². The molecule has 10 nitrogen and oxygen atoms in total. The smallest absolute Gasteiger partial charge is 0.416 e. The van der Waals surface area contributed by atoms with Crippen LogP contribution in [0.2, 0.25) is 0 Å². The topological polar surface area (TPSA) is 131 Å². The van der Waals surface area contributed by atoms with E-state index >= 15 is 0 Å². The van der Waals surface area contributed by atoms with Gasteiger partial charge in [0.1, 0.15) is 5.75 Å². The first-order chi connectivity index (χ1) is 20.3. The molecule has 4 aromatic heterocycles. The number of benzene rings is 2. The number of nitrogens with zero attached hydrogens (tertiary/aromatic N) is 5. The zero-order valence-electron chi connectivity index (χ0n) is 21.4. The van der Waals surface area contributed by atoms with Gasteiger partial charge < -0.3 is 15.4 Å². The summed E-state index contributed by atoms with van der Waals surface area (Å²) < 4.78 is 45.7. The number of pyridine rings is 2. The Hall–Kier alpha value is -5.85. The van der Waals surface area contributed by atoms with Crippen molar-refractivity contribution in [3.05, 3.63) is 103 Å². The Labute approximate surface area is 235 Å². The van der Waals surface area contributed by atoms with Crippen molar-refractivity contribution >= 4 is 28.4 Å². The summed E-state index contributed by atoms with van der Waals surface area (Å²) in [5, 5.41) is 12.7. The zero-order valence-corrected chi connectivity index (χ0v) is 21.4. The fourth-order valence-corrected chi connectivity index (χ4v) is 4.13. The van der Waals surface area contributed by atoms with Crippen molar-refractivity contribution in [3.63, 3.8) is 0 Å². The second kappa shape index (κ2) is 11.0. The number of amides is 2. The molecular weight excluding hydrogens is 549 g/mol. The van der Waals surface area contributed by atoms with Crippen LogP contribution in [0.3, 0.4) is 0 Å². The minimum absolute atomic E-state index is 0.0342. The molecule has 0 spiro atoms. The second-order valence-electron chi connectivity index (χ2n) is 8.99. The van der Waals surface area contributed by atoms with Gasteiger partial charge in [-0.25, -0.2) is 19.7 Å². The lowest BCUT2D eigenvalue weighted by molar-refractivity contribution is -0.137. The van der Waals surface area contributed by atoms with Crippen LogP contribution < -0.4 is 15.4 Å². The number of anilines is 2. The Morgan fingerprint density at radius 2 is 1.62 bits per heavy atom. The van der Waals surface area contributed by atoms with E-state index in [-0.39, 0.29) is 17.4 Å². The van der Waals surface area contributed by atoms with Crippen LogP contribution >= 0.6 is 0 Å². The third-order valence-corrected chi connectivity index (χ3v) is 6.14. The number of rotatable bonds is 6. The normalized spacial score (nSPS) is 11.3. The first-order valence-corrected chi connectivity index (χ1v) is 12.4. The van der Waals surface area contributed by atoms with Gasteiger partial charge in [-0.1, -0.05) is 24.3 Å². The van der Waals surface area contributed by atoms with Gasteiger partial charge in [0, 0.05) is 40.7 Å². The molecular formula is C29H19F3N8O2. The van der Waals surface area contributed by atoms with Gasteiger partial charge in [0.2, 0.25) is 0 Å². The molecule has 0 radical (unpaired) electrons. The average molecular weight is 569 g/mol. The summed E-state index contributed by atoms with van der Waals surface area (Å²) in [7, 11) is 0. The van der Waals surface area contributed by atoms with Crippen LogP contribution in [-0.4, -0.2) is 36.2 Å². The fourth-order valence-electron chi connectivity index (χ4n) is 4.13. The van der Waals surface area contributed by atoms with Crippen LogP contribution in [0.15, 0.2) is 97.8 Å². The van der Waals surface area contributed by atoms with E-state index < -0.39 is 17.8 Å². The van der Waals surface area contributed by atoms with Gasteiger partial charge in [-0.15, -0.1) is 0 Å². The maximum absolute atomic E-state index is 13.3. The second-order valence-corrected chi connectivity index (χ2v) is 8.99. The largest absolute Gasteiger partial charge is 0.424 e. The molecule has 0 unspecified atom stereocenters. The van der Waals surface area contributed by atoms with E-state index in [0.717, 1.165) is 28.6 Å². The lowest BCUT2D eigenvalue weighted by atomic mass is 10.0. The van der Waals surface area contributed by atoms with Crippen LogP contribution in [0.1, 0.15) is 5.56 Å². The fraction of sp³-hybridized carbons (Fsp3) is 0.0345. The minimum Gasteiger partial charge on any atom is -0.424 e. The number of carbonyl (C=O) groups is 1. The van der Waals surface area contributed by atoms with Crippen molar-refractivity contribution in [2.24, 2.45) is 0 Å². The third-order valence-electron chi connectivity index (χ3n) is 6.14. The molecule has 3 N–H and O–H groups in total. The number of nitrogens with one attached hydrogen (secondary N) is 3. The highest BCUT2D eigenvalue weighted by Crippen LogP contribution is 2.36. The molecule has 6 aromatic rings. The van der Waals surface area contributed by atoms with Crippen molar-refractivity contribution in [2.75, 3.05) is 10.6 Å². The molecule has 208 valence electrons. The Kier molecular flexibility index (Phi) is 6.88. The van der Waals surface area contributed by atoms with Crippen LogP contribution in [0, 0.1) is 0 Å². The molecule has 13 heteroatoms. The molecule has 0 fully saturated rings. The Morgan fingerprint density at radius 3 is 2.36 bits per heavy atom. The summed E-state index contributed by atoms with van der Waals surface area (Å²) in [6.07, 6.45) is 4.52. The number of alkyl halides is 3. The maximum atomic E-state index is 13.3. The molecule has 0 aliphatic carbocycles. The number of ether oxygens (including phenoxy) is 1. The molecule has 0 saturated heterocycles. The Balaban J connectivity index is 1.12. The van der Waals surface area contributed by atoms with Gasteiger partial charge >= 0.3 is 18.2 Å². The summed E-state index contributed by atoms with van der Waals surface area (Å²) in [5.74, 6) is 0.488. The minimum atomic E-state index is -4.59. The number of H-pyrrole nitrogens is 1. The highest BCUT2D eigenvalue weighted by Gasteiger charge is 2.31. The van der Waals surface area contributed by atoms with Crippen molar-refractivity contribution < 1.29 is 22.7 Å². The molecule has 2 aromatic carbocycles. The van der Waals surface area contributed by atoms with Crippen molar-refractivity contribution in [1.29, 1.82) is 0 Å². The molecule has 6 rings (SSSR count). The third kappa shape index (κ3) is 5.84. The number of fused-ring (bicyclic) bond motifs is 1. The summed E-state index contributed by atoms with van der Waals surface area (Å²) in [6, 6.07) is 14.9. The predicted molar refractivity (Wildman–Crippen MR) is 149 cm³/mol. The predicted octanol–water partition coefficient (Wildman–Crippen LogP) is 6.93. The number of aromatic amines is 1. The standard InChI is InChI=1S/C29H19F3N8O2/c30-29(31,32)21-5-8-24(18-2-1-9-33-12-18)25(11-21)39-27(41)38-22-15-35-28(36-16-22)42-23-6-3-17(4-7-23)19-10-20-14-37-40-26(20)34-13-19/h1-16H,(H,34,37,40)(H2,38,39,41). The van der Waals surface area contributed by atoms with E-state index in [9.17, 15) is 18.0 Å². The monoisotopic (exact) mass is 568 g/mol. The average Bonchev–Trinajstić information content (AvgIpc) is 3.47. The van der Waals surface area contributed by atoms with E-state index in [1.54, 1.807) is 36.7 Å². The number of carbonyl (C=O) groups excluding carboxylic acids is 1. The molecule has 42 heavy (non-hydrogen) atoms. The molecule has 0 atom stereocenters. The summed E-state index contributed by atoms with van der Waals surface area (Å²) in [4.78, 5) is 29.2. The van der Waals surface area contributed by atoms with Gasteiger partial charge in [0.25, 0.3) is 0 Å². The SMILES string of the molecule is O=C(Nc1cnc(Oc2ccc(-c3cnc4[nH]ncc4c3)cc2)nc1)Nc1cc(C(F)(F)F)ccc1-c1cccnc1. The van der Waals surface area contributed by atoms with E-state index in [4.69, 9.17) is 4.74 Å². The van der Waals surface area contributed by atoms with Crippen molar-refractivity contribution in [1.82, 2.24) is 30.1 Å². The van der Waals surface area contributed by atoms with Gasteiger partial charge in [-0.05, 0) is 42.0 Å². The van der Waals surface area contributed by atoms with Crippen LogP contribution in [0.25, 0.3) is 33.3 Å². The number of hydrogen-bond acceptors (Lipinski definition) is 7. The summed E-state index contributed by atoms with van der Waals surface area (Å²) >= 11 is 0. The summed E-state index contributed by atoms with van der Waals surface area (Å²) in [6.45, 7) is 0. The van der Waals surface area contributed by atoms with E-state index in [2.05, 4.69) is 40.8 Å². The highest BCUT2D eigenvalue weighted by molar-refractivity contribution is 6.02. The number of hydrogen-bond donors (Lipinski definition) is 3. The number of urea groups is 1.